The number of fused-ring (bicyclic) bond motifs is 1. The van der Waals surface area contributed by atoms with Crippen LogP contribution in [0.2, 0.25) is 0 Å². The molecule has 1 unspecified atom stereocenters. The van der Waals surface area contributed by atoms with Gasteiger partial charge in [-0.1, -0.05) is 22.0 Å². The fraction of sp³-hybridized carbons (Fsp3) is 0.412. The third kappa shape index (κ3) is 3.16. The molecule has 0 aliphatic carbocycles. The Hall–Kier alpha value is -1.82. The van der Waals surface area contributed by atoms with Crippen molar-refractivity contribution in [3.05, 3.63) is 34.4 Å². The number of nitriles is 2. The van der Waals surface area contributed by atoms with Crippen LogP contribution in [0, 0.1) is 28.6 Å². The number of nitrogens with zero attached hydrogens (tertiary/aromatic N) is 3. The molecule has 0 saturated heterocycles. The molecule has 0 aliphatic rings. The smallest absolute Gasteiger partial charge is 0.0787 e. The summed E-state index contributed by atoms with van der Waals surface area (Å²) < 4.78 is 2.99. The zero-order chi connectivity index (χ0) is 16.3. The molecule has 1 heterocycles. The van der Waals surface area contributed by atoms with Crippen molar-refractivity contribution in [2.45, 2.75) is 32.2 Å². The summed E-state index contributed by atoms with van der Waals surface area (Å²) in [6.07, 6.45) is 2.28. The standard InChI is InChI=1S/C17H18BrN3O/c1-17(2,11-20)15-9-21(8-12(10-22)5-6-19)16-7-13(18)3-4-14(15)16/h3-4,7,9,12,22H,5,8,10H2,1-2H3. The lowest BCUT2D eigenvalue weighted by Crippen LogP contribution is -2.15. The topological polar surface area (TPSA) is 72.7 Å². The number of aromatic nitrogens is 1. The van der Waals surface area contributed by atoms with Gasteiger partial charge in [-0.05, 0) is 31.5 Å². The third-order valence-electron chi connectivity index (χ3n) is 3.89. The van der Waals surface area contributed by atoms with Crippen molar-refractivity contribution in [1.29, 1.82) is 10.5 Å². The van der Waals surface area contributed by atoms with E-state index in [9.17, 15) is 10.4 Å². The number of rotatable bonds is 5. The molecule has 1 aromatic heterocycles. The van der Waals surface area contributed by atoms with Gasteiger partial charge in [0.1, 0.15) is 0 Å². The molecule has 2 aromatic rings. The van der Waals surface area contributed by atoms with Gasteiger partial charge in [-0.15, -0.1) is 0 Å². The molecule has 0 amide bonds. The Labute approximate surface area is 138 Å². The molecule has 1 aromatic carbocycles. The number of benzene rings is 1. The Balaban J connectivity index is 2.58. The van der Waals surface area contributed by atoms with E-state index < -0.39 is 5.41 Å². The van der Waals surface area contributed by atoms with Crippen LogP contribution in [0.4, 0.5) is 0 Å². The Morgan fingerprint density at radius 1 is 1.36 bits per heavy atom. The Bertz CT molecular complexity index is 765. The maximum absolute atomic E-state index is 9.43. The van der Waals surface area contributed by atoms with Gasteiger partial charge in [0.15, 0.2) is 0 Å². The van der Waals surface area contributed by atoms with Crippen LogP contribution in [0.1, 0.15) is 25.8 Å². The van der Waals surface area contributed by atoms with Gasteiger partial charge in [-0.2, -0.15) is 10.5 Å². The highest BCUT2D eigenvalue weighted by Gasteiger charge is 2.25. The number of hydrogen-bond acceptors (Lipinski definition) is 3. The fourth-order valence-corrected chi connectivity index (χ4v) is 2.92. The van der Waals surface area contributed by atoms with Crippen molar-refractivity contribution >= 4 is 26.8 Å². The molecule has 114 valence electrons. The van der Waals surface area contributed by atoms with Gasteiger partial charge in [0, 0.05) is 47.1 Å². The average molecular weight is 360 g/mol. The van der Waals surface area contributed by atoms with Crippen molar-refractivity contribution in [1.82, 2.24) is 4.57 Å². The summed E-state index contributed by atoms with van der Waals surface area (Å²) in [5.41, 5.74) is 1.37. The van der Waals surface area contributed by atoms with Crippen molar-refractivity contribution in [3.8, 4) is 12.1 Å². The molecule has 1 atom stereocenters. The number of aliphatic hydroxyl groups is 1. The summed E-state index contributed by atoms with van der Waals surface area (Å²) in [5.74, 6) is -0.113. The lowest BCUT2D eigenvalue weighted by atomic mass is 9.86. The molecule has 4 nitrogen and oxygen atoms in total. The molecular weight excluding hydrogens is 342 g/mol. The summed E-state index contributed by atoms with van der Waals surface area (Å²) >= 11 is 3.48. The summed E-state index contributed by atoms with van der Waals surface area (Å²) in [7, 11) is 0. The molecule has 0 aliphatic heterocycles. The predicted molar refractivity (Wildman–Crippen MR) is 89.1 cm³/mol. The first-order valence-corrected chi connectivity index (χ1v) is 7.90. The van der Waals surface area contributed by atoms with Gasteiger partial charge in [-0.3, -0.25) is 0 Å². The summed E-state index contributed by atoms with van der Waals surface area (Å²) in [6.45, 7) is 4.32. The van der Waals surface area contributed by atoms with E-state index in [0.717, 1.165) is 20.9 Å². The Morgan fingerprint density at radius 2 is 2.09 bits per heavy atom. The van der Waals surface area contributed by atoms with E-state index in [1.54, 1.807) is 0 Å². The van der Waals surface area contributed by atoms with Crippen LogP contribution in [0.25, 0.3) is 10.9 Å². The van der Waals surface area contributed by atoms with E-state index >= 15 is 0 Å². The Kier molecular flexibility index (Phi) is 4.90. The second-order valence-electron chi connectivity index (χ2n) is 6.00. The number of halogens is 1. The molecule has 0 saturated carbocycles. The molecule has 2 rings (SSSR count). The Morgan fingerprint density at radius 3 is 2.68 bits per heavy atom. The highest BCUT2D eigenvalue weighted by atomic mass is 79.9. The normalized spacial score (nSPS) is 12.8. The van der Waals surface area contributed by atoms with Crippen molar-refractivity contribution in [2.24, 2.45) is 5.92 Å². The van der Waals surface area contributed by atoms with Crippen molar-refractivity contribution < 1.29 is 5.11 Å². The maximum atomic E-state index is 9.43. The lowest BCUT2D eigenvalue weighted by molar-refractivity contribution is 0.214. The van der Waals surface area contributed by atoms with Gasteiger partial charge < -0.3 is 9.67 Å². The lowest BCUT2D eigenvalue weighted by Gasteiger charge is -2.14. The third-order valence-corrected chi connectivity index (χ3v) is 4.38. The summed E-state index contributed by atoms with van der Waals surface area (Å²) in [6, 6.07) is 10.4. The molecule has 5 heteroatoms. The number of hydrogen-bond donors (Lipinski definition) is 1. The van der Waals surface area contributed by atoms with Crippen molar-refractivity contribution in [2.75, 3.05) is 6.61 Å². The minimum Gasteiger partial charge on any atom is -0.396 e. The van der Waals surface area contributed by atoms with Gasteiger partial charge in [-0.25, -0.2) is 0 Å². The monoisotopic (exact) mass is 359 g/mol. The zero-order valence-electron chi connectivity index (χ0n) is 12.7. The molecular formula is C17H18BrN3O. The van der Waals surface area contributed by atoms with E-state index in [1.807, 2.05) is 42.8 Å². The molecule has 0 spiro atoms. The molecule has 0 radical (unpaired) electrons. The molecule has 1 N–H and O–H groups in total. The first kappa shape index (κ1) is 16.5. The first-order chi connectivity index (χ1) is 10.4. The highest BCUT2D eigenvalue weighted by Crippen LogP contribution is 2.33. The second-order valence-corrected chi connectivity index (χ2v) is 6.92. The van der Waals surface area contributed by atoms with Crippen LogP contribution in [0.3, 0.4) is 0 Å². The van der Waals surface area contributed by atoms with E-state index in [0.29, 0.717) is 13.0 Å². The van der Waals surface area contributed by atoms with Crippen LogP contribution in [0.5, 0.6) is 0 Å². The summed E-state index contributed by atoms with van der Waals surface area (Å²) in [5, 5.41) is 28.7. The van der Waals surface area contributed by atoms with Crippen LogP contribution in [-0.4, -0.2) is 16.3 Å². The predicted octanol–water partition coefficient (Wildman–Crippen LogP) is 3.73. The van der Waals surface area contributed by atoms with Gasteiger partial charge in [0.25, 0.3) is 0 Å². The molecule has 0 bridgehead atoms. The average Bonchev–Trinajstić information content (AvgIpc) is 2.85. The van der Waals surface area contributed by atoms with Gasteiger partial charge in [0.2, 0.25) is 0 Å². The fourth-order valence-electron chi connectivity index (χ4n) is 2.57. The largest absolute Gasteiger partial charge is 0.396 e. The number of aliphatic hydroxyl groups excluding tert-OH is 1. The van der Waals surface area contributed by atoms with E-state index in [-0.39, 0.29) is 12.5 Å². The molecule has 22 heavy (non-hydrogen) atoms. The molecule has 0 fully saturated rings. The second kappa shape index (κ2) is 6.52. The zero-order valence-corrected chi connectivity index (χ0v) is 14.3. The SMILES string of the molecule is CC(C)(C#N)c1cn(CC(CO)CC#N)c2cc(Br)ccc12. The minimum atomic E-state index is -0.596. The van der Waals surface area contributed by atoms with Crippen molar-refractivity contribution in [3.63, 3.8) is 0 Å². The van der Waals surface area contributed by atoms with Crippen LogP contribution >= 0.6 is 15.9 Å². The first-order valence-electron chi connectivity index (χ1n) is 7.11. The van der Waals surface area contributed by atoms with Crippen LogP contribution in [-0.2, 0) is 12.0 Å². The van der Waals surface area contributed by atoms with E-state index in [1.165, 1.54) is 0 Å². The summed E-state index contributed by atoms with van der Waals surface area (Å²) in [4.78, 5) is 0. The minimum absolute atomic E-state index is 0.0296. The van der Waals surface area contributed by atoms with Crippen LogP contribution < -0.4 is 0 Å². The highest BCUT2D eigenvalue weighted by molar-refractivity contribution is 9.10. The van der Waals surface area contributed by atoms with Crippen LogP contribution in [0.15, 0.2) is 28.9 Å². The quantitative estimate of drug-likeness (QED) is 0.883. The van der Waals surface area contributed by atoms with Gasteiger partial charge >= 0.3 is 0 Å². The van der Waals surface area contributed by atoms with Gasteiger partial charge in [0.05, 0.1) is 17.6 Å². The maximum Gasteiger partial charge on any atom is 0.0787 e. The van der Waals surface area contributed by atoms with E-state index in [2.05, 4.69) is 28.1 Å². The van der Waals surface area contributed by atoms with E-state index in [4.69, 9.17) is 5.26 Å².